The first-order valence-electron chi connectivity index (χ1n) is 3.72. The van der Waals surface area contributed by atoms with E-state index in [4.69, 9.17) is 9.15 Å². The van der Waals surface area contributed by atoms with Gasteiger partial charge in [-0.2, -0.15) is 0 Å². The zero-order valence-corrected chi connectivity index (χ0v) is 6.46. The molecule has 1 aliphatic rings. The lowest BCUT2D eigenvalue weighted by molar-refractivity contribution is 0.0133. The maximum absolute atomic E-state index is 5.55. The van der Waals surface area contributed by atoms with Crippen molar-refractivity contribution < 1.29 is 9.15 Å². The average molecular weight is 153 g/mol. The first-order chi connectivity index (χ1) is 5.29. The van der Waals surface area contributed by atoms with Gasteiger partial charge in [-0.05, 0) is 13.0 Å². The summed E-state index contributed by atoms with van der Waals surface area (Å²) in [6, 6.07) is 3.65. The van der Waals surface area contributed by atoms with E-state index in [0.717, 1.165) is 13.1 Å². The largest absolute Gasteiger partial charge is 0.456 e. The van der Waals surface area contributed by atoms with Gasteiger partial charge in [0.05, 0.1) is 6.26 Å². The molecule has 3 heteroatoms. The molecule has 0 atom stereocenters. The molecule has 1 saturated heterocycles. The molecule has 0 bridgehead atoms. The zero-order valence-electron chi connectivity index (χ0n) is 6.46. The molecule has 1 aliphatic heterocycles. The van der Waals surface area contributed by atoms with E-state index in [9.17, 15) is 0 Å². The predicted octanol–water partition coefficient (Wildman–Crippen LogP) is 1.02. The minimum atomic E-state index is -0.0577. The van der Waals surface area contributed by atoms with Crippen molar-refractivity contribution in [3.05, 3.63) is 18.4 Å². The van der Waals surface area contributed by atoms with Crippen molar-refractivity contribution in [1.29, 1.82) is 0 Å². The maximum atomic E-state index is 5.55. The first-order valence-corrected chi connectivity index (χ1v) is 3.72. The third-order valence-corrected chi connectivity index (χ3v) is 1.84. The summed E-state index contributed by atoms with van der Waals surface area (Å²) in [5.74, 6) is 0.606. The molecule has 0 saturated carbocycles. The molecule has 0 aliphatic carbocycles. The highest BCUT2D eigenvalue weighted by atomic mass is 16.6. The van der Waals surface area contributed by atoms with Crippen LogP contribution in [0.3, 0.4) is 0 Å². The first kappa shape index (κ1) is 6.73. The Bertz CT molecular complexity index is 226. The SMILES string of the molecule is CC1(Oc2ccco2)CNC1. The number of ether oxygens (including phenoxy) is 1. The lowest BCUT2D eigenvalue weighted by atomic mass is 10.0. The van der Waals surface area contributed by atoms with Gasteiger partial charge >= 0.3 is 0 Å². The number of nitrogens with one attached hydrogen (secondary N) is 1. The monoisotopic (exact) mass is 153 g/mol. The zero-order chi connectivity index (χ0) is 7.73. The van der Waals surface area contributed by atoms with Crippen molar-refractivity contribution >= 4 is 0 Å². The summed E-state index contributed by atoms with van der Waals surface area (Å²) < 4.78 is 10.6. The van der Waals surface area contributed by atoms with Crippen LogP contribution in [-0.2, 0) is 0 Å². The molecule has 0 unspecified atom stereocenters. The second-order valence-electron chi connectivity index (χ2n) is 3.09. The van der Waals surface area contributed by atoms with Crippen LogP contribution in [0.25, 0.3) is 0 Å². The topological polar surface area (TPSA) is 34.4 Å². The molecule has 3 nitrogen and oxygen atoms in total. The van der Waals surface area contributed by atoms with Crippen LogP contribution in [0.15, 0.2) is 22.8 Å². The standard InChI is InChI=1S/C8H11NO2/c1-8(5-9-6-8)11-7-3-2-4-10-7/h2-4,9H,5-6H2,1H3. The van der Waals surface area contributed by atoms with Gasteiger partial charge in [-0.1, -0.05) is 0 Å². The highest BCUT2D eigenvalue weighted by molar-refractivity contribution is 5.08. The van der Waals surface area contributed by atoms with Crippen LogP contribution in [0.4, 0.5) is 0 Å². The summed E-state index contributed by atoms with van der Waals surface area (Å²) in [6.07, 6.45) is 1.62. The smallest absolute Gasteiger partial charge is 0.284 e. The Morgan fingerprint density at radius 2 is 2.45 bits per heavy atom. The van der Waals surface area contributed by atoms with Crippen molar-refractivity contribution in [2.45, 2.75) is 12.5 Å². The van der Waals surface area contributed by atoms with Gasteiger partial charge in [0.25, 0.3) is 5.95 Å². The van der Waals surface area contributed by atoms with E-state index in [0.29, 0.717) is 5.95 Å². The molecule has 1 N–H and O–H groups in total. The van der Waals surface area contributed by atoms with Crippen molar-refractivity contribution in [1.82, 2.24) is 5.32 Å². The minimum Gasteiger partial charge on any atom is -0.456 e. The summed E-state index contributed by atoms with van der Waals surface area (Å²) in [5.41, 5.74) is -0.0577. The van der Waals surface area contributed by atoms with Crippen molar-refractivity contribution in [3.8, 4) is 5.95 Å². The molecule has 1 aromatic rings. The molecule has 60 valence electrons. The molecule has 11 heavy (non-hydrogen) atoms. The van der Waals surface area contributed by atoms with Gasteiger partial charge in [-0.15, -0.1) is 0 Å². The fraction of sp³-hybridized carbons (Fsp3) is 0.500. The molecule has 1 fully saturated rings. The van der Waals surface area contributed by atoms with Crippen LogP contribution < -0.4 is 10.1 Å². The second-order valence-corrected chi connectivity index (χ2v) is 3.09. The minimum absolute atomic E-state index is 0.0577. The fourth-order valence-corrected chi connectivity index (χ4v) is 1.11. The van der Waals surface area contributed by atoms with Crippen LogP contribution >= 0.6 is 0 Å². The van der Waals surface area contributed by atoms with Crippen LogP contribution in [0.2, 0.25) is 0 Å². The predicted molar refractivity (Wildman–Crippen MR) is 40.6 cm³/mol. The molecular weight excluding hydrogens is 142 g/mol. The highest BCUT2D eigenvalue weighted by Gasteiger charge is 2.34. The normalized spacial score (nSPS) is 20.8. The summed E-state index contributed by atoms with van der Waals surface area (Å²) in [4.78, 5) is 0. The lowest BCUT2D eigenvalue weighted by Gasteiger charge is -2.38. The fourth-order valence-electron chi connectivity index (χ4n) is 1.11. The molecule has 1 aromatic heterocycles. The van der Waals surface area contributed by atoms with Crippen LogP contribution in [0.5, 0.6) is 5.95 Å². The van der Waals surface area contributed by atoms with Gasteiger partial charge < -0.3 is 14.5 Å². The Morgan fingerprint density at radius 3 is 2.91 bits per heavy atom. The van der Waals surface area contributed by atoms with E-state index < -0.39 is 0 Å². The molecule has 2 rings (SSSR count). The van der Waals surface area contributed by atoms with E-state index in [1.807, 2.05) is 12.1 Å². The van der Waals surface area contributed by atoms with E-state index in [1.165, 1.54) is 0 Å². The van der Waals surface area contributed by atoms with Gasteiger partial charge in [0.1, 0.15) is 5.60 Å². The Balaban J connectivity index is 2.00. The Labute approximate surface area is 65.3 Å². The highest BCUT2D eigenvalue weighted by Crippen LogP contribution is 2.21. The summed E-state index contributed by atoms with van der Waals surface area (Å²) in [5, 5.41) is 3.15. The average Bonchev–Trinajstić information content (AvgIpc) is 2.36. The van der Waals surface area contributed by atoms with E-state index >= 15 is 0 Å². The van der Waals surface area contributed by atoms with Crippen molar-refractivity contribution in [2.24, 2.45) is 0 Å². The second kappa shape index (κ2) is 2.27. The Morgan fingerprint density at radius 1 is 1.64 bits per heavy atom. The molecule has 0 amide bonds. The van der Waals surface area contributed by atoms with Crippen molar-refractivity contribution in [3.63, 3.8) is 0 Å². The number of rotatable bonds is 2. The molecule has 2 heterocycles. The molecule has 0 spiro atoms. The van der Waals surface area contributed by atoms with Crippen LogP contribution in [0, 0.1) is 0 Å². The van der Waals surface area contributed by atoms with Gasteiger partial charge in [-0.25, -0.2) is 0 Å². The van der Waals surface area contributed by atoms with Gasteiger partial charge in [0.2, 0.25) is 0 Å². The van der Waals surface area contributed by atoms with E-state index in [1.54, 1.807) is 6.26 Å². The Kier molecular flexibility index (Phi) is 1.39. The van der Waals surface area contributed by atoms with Gasteiger partial charge in [0, 0.05) is 19.2 Å². The number of furan rings is 1. The van der Waals surface area contributed by atoms with Gasteiger partial charge in [0.15, 0.2) is 0 Å². The quantitative estimate of drug-likeness (QED) is 0.688. The summed E-state index contributed by atoms with van der Waals surface area (Å²) in [7, 11) is 0. The lowest BCUT2D eigenvalue weighted by Crippen LogP contribution is -2.60. The van der Waals surface area contributed by atoms with E-state index in [2.05, 4.69) is 12.2 Å². The number of hydrogen-bond donors (Lipinski definition) is 1. The Hall–Kier alpha value is -0.960. The van der Waals surface area contributed by atoms with Gasteiger partial charge in [-0.3, -0.25) is 0 Å². The number of hydrogen-bond acceptors (Lipinski definition) is 3. The molecule has 0 radical (unpaired) electrons. The van der Waals surface area contributed by atoms with E-state index in [-0.39, 0.29) is 5.60 Å². The van der Waals surface area contributed by atoms with Crippen LogP contribution in [-0.4, -0.2) is 18.7 Å². The third-order valence-electron chi connectivity index (χ3n) is 1.84. The summed E-state index contributed by atoms with van der Waals surface area (Å²) in [6.45, 7) is 3.85. The summed E-state index contributed by atoms with van der Waals surface area (Å²) >= 11 is 0. The van der Waals surface area contributed by atoms with Crippen molar-refractivity contribution in [2.75, 3.05) is 13.1 Å². The third kappa shape index (κ3) is 1.24. The maximum Gasteiger partial charge on any atom is 0.284 e. The molecule has 0 aromatic carbocycles. The molecular formula is C8H11NO2. The van der Waals surface area contributed by atoms with Crippen LogP contribution in [0.1, 0.15) is 6.92 Å².